The third kappa shape index (κ3) is 5.13. The van der Waals surface area contributed by atoms with Crippen LogP contribution in [-0.4, -0.2) is 34.7 Å². The summed E-state index contributed by atoms with van der Waals surface area (Å²) in [6.45, 7) is 2.61. The van der Waals surface area contributed by atoms with Gasteiger partial charge in [-0.15, -0.1) is 0 Å². The van der Waals surface area contributed by atoms with Gasteiger partial charge < -0.3 is 4.74 Å². The first-order chi connectivity index (χ1) is 14.7. The highest BCUT2D eigenvalue weighted by Crippen LogP contribution is 2.39. The minimum absolute atomic E-state index is 0.131. The maximum Gasteiger partial charge on any atom is 0.266 e. The van der Waals surface area contributed by atoms with Crippen LogP contribution in [0.2, 0.25) is 0 Å². The SMILES string of the molecule is CCOc1ccc(C=C2SC(=NC3CCCCC3)N(C3CCCCC3)C2=O)cc1Br. The van der Waals surface area contributed by atoms with Gasteiger partial charge in [0, 0.05) is 6.04 Å². The molecule has 3 aliphatic rings. The number of aliphatic imine (C=N–C) groups is 1. The van der Waals surface area contributed by atoms with Crippen LogP contribution in [-0.2, 0) is 4.79 Å². The Morgan fingerprint density at radius 3 is 2.50 bits per heavy atom. The number of rotatable bonds is 5. The van der Waals surface area contributed by atoms with Crippen molar-refractivity contribution in [3.8, 4) is 5.75 Å². The fraction of sp³-hybridized carbons (Fsp3) is 0.583. The third-order valence-electron chi connectivity index (χ3n) is 6.20. The van der Waals surface area contributed by atoms with Crippen molar-refractivity contribution in [1.82, 2.24) is 4.90 Å². The molecule has 3 fully saturated rings. The summed E-state index contributed by atoms with van der Waals surface area (Å²) in [4.78, 5) is 21.4. The maximum absolute atomic E-state index is 13.4. The molecule has 4 nitrogen and oxygen atoms in total. The van der Waals surface area contributed by atoms with Gasteiger partial charge in [0.25, 0.3) is 5.91 Å². The number of benzene rings is 1. The molecule has 0 unspecified atom stereocenters. The summed E-state index contributed by atoms with van der Waals surface area (Å²) in [6, 6.07) is 6.67. The second-order valence-electron chi connectivity index (χ2n) is 8.40. The molecular formula is C24H31BrN2O2S. The summed E-state index contributed by atoms with van der Waals surface area (Å²) >= 11 is 5.15. The number of hydrogen-bond acceptors (Lipinski definition) is 4. The van der Waals surface area contributed by atoms with E-state index in [4.69, 9.17) is 9.73 Å². The van der Waals surface area contributed by atoms with Gasteiger partial charge in [0.2, 0.25) is 0 Å². The lowest BCUT2D eigenvalue weighted by Gasteiger charge is -2.31. The fourth-order valence-electron chi connectivity index (χ4n) is 4.63. The second-order valence-corrected chi connectivity index (χ2v) is 10.3. The van der Waals surface area contributed by atoms with Crippen molar-refractivity contribution in [2.45, 2.75) is 83.2 Å². The summed E-state index contributed by atoms with van der Waals surface area (Å²) in [6.07, 6.45) is 14.0. The third-order valence-corrected chi connectivity index (χ3v) is 7.81. The number of nitrogens with zero attached hydrogens (tertiary/aromatic N) is 2. The molecule has 1 amide bonds. The van der Waals surface area contributed by atoms with Gasteiger partial charge in [0.15, 0.2) is 5.17 Å². The number of carbonyl (C=O) groups is 1. The van der Waals surface area contributed by atoms with Gasteiger partial charge in [-0.05, 0) is 84.1 Å². The van der Waals surface area contributed by atoms with Crippen LogP contribution in [0.1, 0.15) is 76.7 Å². The van der Waals surface area contributed by atoms with Crippen LogP contribution in [0, 0.1) is 0 Å². The van der Waals surface area contributed by atoms with E-state index in [9.17, 15) is 4.79 Å². The highest BCUT2D eigenvalue weighted by atomic mass is 79.9. The number of amides is 1. The molecule has 2 saturated carbocycles. The van der Waals surface area contributed by atoms with E-state index in [0.717, 1.165) is 51.5 Å². The quantitative estimate of drug-likeness (QED) is 0.426. The van der Waals surface area contributed by atoms with Crippen LogP contribution < -0.4 is 4.74 Å². The molecule has 0 bridgehead atoms. The lowest BCUT2D eigenvalue weighted by atomic mass is 9.94. The van der Waals surface area contributed by atoms with Crippen molar-refractivity contribution < 1.29 is 9.53 Å². The minimum Gasteiger partial charge on any atom is -0.493 e. The van der Waals surface area contributed by atoms with E-state index in [1.54, 1.807) is 11.8 Å². The molecule has 162 valence electrons. The van der Waals surface area contributed by atoms with Gasteiger partial charge in [-0.1, -0.05) is 44.6 Å². The van der Waals surface area contributed by atoms with Crippen molar-refractivity contribution in [2.75, 3.05) is 6.61 Å². The molecule has 30 heavy (non-hydrogen) atoms. The van der Waals surface area contributed by atoms with Crippen LogP contribution in [0.5, 0.6) is 5.75 Å². The first-order valence-electron chi connectivity index (χ1n) is 11.4. The Labute approximate surface area is 192 Å². The van der Waals surface area contributed by atoms with Crippen LogP contribution in [0.4, 0.5) is 0 Å². The minimum atomic E-state index is 0.131. The number of halogens is 1. The Morgan fingerprint density at radius 2 is 1.83 bits per heavy atom. The number of carbonyl (C=O) groups excluding carboxylic acids is 1. The van der Waals surface area contributed by atoms with Crippen LogP contribution in [0.15, 0.2) is 32.6 Å². The van der Waals surface area contributed by atoms with Crippen molar-refractivity contribution in [3.05, 3.63) is 33.1 Å². The molecule has 2 aliphatic carbocycles. The van der Waals surface area contributed by atoms with Gasteiger partial charge in [0.05, 0.1) is 22.0 Å². The topological polar surface area (TPSA) is 41.9 Å². The number of amidine groups is 1. The Morgan fingerprint density at radius 1 is 1.13 bits per heavy atom. The summed E-state index contributed by atoms with van der Waals surface area (Å²) < 4.78 is 6.53. The van der Waals surface area contributed by atoms with E-state index in [1.165, 1.54) is 38.5 Å². The predicted molar refractivity (Wildman–Crippen MR) is 129 cm³/mol. The Hall–Kier alpha value is -1.27. The van der Waals surface area contributed by atoms with Crippen LogP contribution in [0.25, 0.3) is 6.08 Å². The Kier molecular flexibility index (Phi) is 7.58. The average Bonchev–Trinajstić information content (AvgIpc) is 3.06. The average molecular weight is 491 g/mol. The molecule has 4 rings (SSSR count). The molecule has 0 radical (unpaired) electrons. The van der Waals surface area contributed by atoms with Crippen molar-refractivity contribution in [1.29, 1.82) is 0 Å². The lowest BCUT2D eigenvalue weighted by Crippen LogP contribution is -2.41. The number of ether oxygens (including phenoxy) is 1. The first kappa shape index (κ1) is 21.9. The maximum atomic E-state index is 13.4. The van der Waals surface area contributed by atoms with Gasteiger partial charge in [0.1, 0.15) is 5.75 Å². The highest BCUT2D eigenvalue weighted by molar-refractivity contribution is 9.10. The number of thioether (sulfide) groups is 1. The monoisotopic (exact) mass is 490 g/mol. The standard InChI is InChI=1S/C24H31BrN2O2S/c1-2-29-21-14-13-17(15-20(21)25)16-22-23(28)27(19-11-7-4-8-12-19)24(30-22)26-18-9-5-3-6-10-18/h13-16,18-19H,2-12H2,1H3. The molecule has 1 heterocycles. The fourth-order valence-corrected chi connectivity index (χ4v) is 6.26. The van der Waals surface area contributed by atoms with E-state index in [0.29, 0.717) is 18.7 Å². The molecule has 1 aromatic carbocycles. The summed E-state index contributed by atoms with van der Waals surface area (Å²) in [5.74, 6) is 0.958. The molecule has 6 heteroatoms. The molecule has 1 aromatic rings. The van der Waals surface area contributed by atoms with Crippen LogP contribution in [0.3, 0.4) is 0 Å². The van der Waals surface area contributed by atoms with Gasteiger partial charge in [-0.25, -0.2) is 0 Å². The van der Waals surface area contributed by atoms with E-state index in [2.05, 4.69) is 15.9 Å². The largest absolute Gasteiger partial charge is 0.493 e. The predicted octanol–water partition coefficient (Wildman–Crippen LogP) is 6.79. The zero-order valence-electron chi connectivity index (χ0n) is 17.7. The zero-order valence-corrected chi connectivity index (χ0v) is 20.1. The normalized spacial score (nSPS) is 24.2. The van der Waals surface area contributed by atoms with Crippen molar-refractivity contribution >= 4 is 44.8 Å². The molecule has 1 aliphatic heterocycles. The van der Waals surface area contributed by atoms with E-state index in [1.807, 2.05) is 36.1 Å². The lowest BCUT2D eigenvalue weighted by molar-refractivity contribution is -0.124. The summed E-state index contributed by atoms with van der Waals surface area (Å²) in [5, 5.41) is 0.940. The van der Waals surface area contributed by atoms with Crippen molar-refractivity contribution in [2.24, 2.45) is 4.99 Å². The smallest absolute Gasteiger partial charge is 0.266 e. The Balaban J connectivity index is 1.60. The first-order valence-corrected chi connectivity index (χ1v) is 13.0. The van der Waals surface area contributed by atoms with Gasteiger partial charge in [-0.2, -0.15) is 0 Å². The highest BCUT2D eigenvalue weighted by Gasteiger charge is 2.39. The molecule has 0 N–H and O–H groups in total. The van der Waals surface area contributed by atoms with E-state index >= 15 is 0 Å². The summed E-state index contributed by atoms with van der Waals surface area (Å²) in [5.41, 5.74) is 1.00. The molecular weight excluding hydrogens is 460 g/mol. The Bertz CT molecular complexity index is 826. The van der Waals surface area contributed by atoms with Gasteiger partial charge in [-0.3, -0.25) is 14.7 Å². The number of hydrogen-bond donors (Lipinski definition) is 0. The zero-order chi connectivity index (χ0) is 20.9. The van der Waals surface area contributed by atoms with E-state index in [-0.39, 0.29) is 5.91 Å². The molecule has 0 atom stereocenters. The molecule has 1 saturated heterocycles. The summed E-state index contributed by atoms with van der Waals surface area (Å²) in [7, 11) is 0. The molecule has 0 spiro atoms. The van der Waals surface area contributed by atoms with Gasteiger partial charge >= 0.3 is 0 Å². The second kappa shape index (κ2) is 10.4. The van der Waals surface area contributed by atoms with E-state index < -0.39 is 0 Å². The molecule has 0 aromatic heterocycles. The van der Waals surface area contributed by atoms with Crippen LogP contribution >= 0.6 is 27.7 Å². The van der Waals surface area contributed by atoms with Crippen molar-refractivity contribution in [3.63, 3.8) is 0 Å².